The predicted octanol–water partition coefficient (Wildman–Crippen LogP) is 1.28. The van der Waals surface area contributed by atoms with Gasteiger partial charge in [-0.3, -0.25) is 4.79 Å². The Kier molecular flexibility index (Phi) is 1.76. The summed E-state index contributed by atoms with van der Waals surface area (Å²) in [6, 6.07) is 3.70. The average molecular weight is 220 g/mol. The van der Waals surface area contributed by atoms with Crippen molar-refractivity contribution in [3.63, 3.8) is 0 Å². The second kappa shape index (κ2) is 3.00. The van der Waals surface area contributed by atoms with E-state index in [2.05, 4.69) is 4.98 Å². The summed E-state index contributed by atoms with van der Waals surface area (Å²) in [7, 11) is 0. The lowest BCUT2D eigenvalue weighted by Gasteiger charge is -2.06. The Morgan fingerprint density at radius 1 is 1.53 bits per heavy atom. The molecule has 1 aliphatic rings. The zero-order valence-electron chi connectivity index (χ0n) is 7.80. The second-order valence-electron chi connectivity index (χ2n) is 3.40. The molecule has 2 aromatic rings. The summed E-state index contributed by atoms with van der Waals surface area (Å²) in [5.74, 6) is 0.901. The SMILES string of the molecule is O=c1c2c(c3cccnc3n1O)CCS2. The van der Waals surface area contributed by atoms with Crippen LogP contribution in [0.25, 0.3) is 11.0 Å². The van der Waals surface area contributed by atoms with Crippen LogP contribution in [0.1, 0.15) is 5.56 Å². The molecule has 0 atom stereocenters. The molecular weight excluding hydrogens is 212 g/mol. The Morgan fingerprint density at radius 2 is 2.40 bits per heavy atom. The van der Waals surface area contributed by atoms with E-state index in [9.17, 15) is 10.0 Å². The van der Waals surface area contributed by atoms with Crippen LogP contribution in [-0.4, -0.2) is 20.7 Å². The summed E-state index contributed by atoms with van der Waals surface area (Å²) in [5, 5.41) is 10.5. The maximum atomic E-state index is 11.7. The number of aromatic nitrogens is 2. The number of rotatable bonds is 0. The highest BCUT2D eigenvalue weighted by molar-refractivity contribution is 7.99. The van der Waals surface area contributed by atoms with Crippen molar-refractivity contribution in [1.29, 1.82) is 0 Å². The number of pyridine rings is 2. The number of aryl methyl sites for hydroxylation is 1. The van der Waals surface area contributed by atoms with Gasteiger partial charge >= 0.3 is 0 Å². The number of nitrogens with zero attached hydrogens (tertiary/aromatic N) is 2. The fourth-order valence-electron chi connectivity index (χ4n) is 1.90. The van der Waals surface area contributed by atoms with Crippen molar-refractivity contribution in [3.05, 3.63) is 34.2 Å². The summed E-state index contributed by atoms with van der Waals surface area (Å²) in [6.07, 6.45) is 2.45. The van der Waals surface area contributed by atoms with Crippen LogP contribution in [0.2, 0.25) is 0 Å². The quantitative estimate of drug-likeness (QED) is 0.679. The number of thioether (sulfide) groups is 1. The Labute approximate surface area is 89.5 Å². The van der Waals surface area contributed by atoms with E-state index in [0.29, 0.717) is 15.3 Å². The third kappa shape index (κ3) is 1.10. The smallest absolute Gasteiger partial charge is 0.298 e. The Balaban J connectivity index is 2.58. The molecule has 0 radical (unpaired) electrons. The van der Waals surface area contributed by atoms with E-state index in [4.69, 9.17) is 0 Å². The lowest BCUT2D eigenvalue weighted by molar-refractivity contribution is 0.184. The highest BCUT2D eigenvalue weighted by Crippen LogP contribution is 2.32. The van der Waals surface area contributed by atoms with Crippen molar-refractivity contribution in [3.8, 4) is 0 Å². The van der Waals surface area contributed by atoms with Gasteiger partial charge in [-0.15, -0.1) is 16.5 Å². The second-order valence-corrected chi connectivity index (χ2v) is 4.50. The molecule has 5 heteroatoms. The largest absolute Gasteiger partial charge is 0.423 e. The molecular formula is C10H8N2O2S. The van der Waals surface area contributed by atoms with Gasteiger partial charge in [-0.25, -0.2) is 4.98 Å². The maximum absolute atomic E-state index is 11.7. The molecule has 0 aliphatic carbocycles. The predicted molar refractivity (Wildman–Crippen MR) is 57.6 cm³/mol. The van der Waals surface area contributed by atoms with Gasteiger partial charge in [0.15, 0.2) is 5.65 Å². The van der Waals surface area contributed by atoms with Crippen molar-refractivity contribution in [2.24, 2.45) is 0 Å². The summed E-state index contributed by atoms with van der Waals surface area (Å²) >= 11 is 1.50. The zero-order valence-corrected chi connectivity index (χ0v) is 8.62. The van der Waals surface area contributed by atoms with E-state index in [0.717, 1.165) is 23.1 Å². The lowest BCUT2D eigenvalue weighted by atomic mass is 10.1. The molecule has 0 saturated heterocycles. The van der Waals surface area contributed by atoms with Gasteiger partial charge in [-0.1, -0.05) is 0 Å². The van der Waals surface area contributed by atoms with Crippen LogP contribution in [0.4, 0.5) is 0 Å². The molecule has 0 amide bonds. The van der Waals surface area contributed by atoms with E-state index in [1.807, 2.05) is 12.1 Å². The fourth-order valence-corrected chi connectivity index (χ4v) is 3.00. The molecule has 0 saturated carbocycles. The fraction of sp³-hybridized carbons (Fsp3) is 0.200. The normalized spacial score (nSPS) is 14.4. The minimum absolute atomic E-state index is 0.348. The van der Waals surface area contributed by atoms with Crippen LogP contribution >= 0.6 is 11.8 Å². The van der Waals surface area contributed by atoms with Gasteiger partial charge in [-0.05, 0) is 24.1 Å². The molecule has 3 heterocycles. The minimum atomic E-state index is -0.348. The van der Waals surface area contributed by atoms with Crippen LogP contribution in [0, 0.1) is 0 Å². The maximum Gasteiger partial charge on any atom is 0.298 e. The molecule has 15 heavy (non-hydrogen) atoms. The van der Waals surface area contributed by atoms with Crippen molar-refractivity contribution in [1.82, 2.24) is 9.71 Å². The standard InChI is InChI=1S/C10H8N2O2S/c13-10-8-6(3-5-15-8)7-2-1-4-11-9(7)12(10)14/h1-2,4,14H,3,5H2. The molecule has 1 aliphatic heterocycles. The first-order valence-corrected chi connectivity index (χ1v) is 5.62. The molecule has 76 valence electrons. The third-order valence-electron chi connectivity index (χ3n) is 2.57. The minimum Gasteiger partial charge on any atom is -0.423 e. The number of hydrogen-bond donors (Lipinski definition) is 1. The molecule has 0 spiro atoms. The monoisotopic (exact) mass is 220 g/mol. The molecule has 3 rings (SSSR count). The van der Waals surface area contributed by atoms with Gasteiger partial charge in [0.1, 0.15) is 0 Å². The van der Waals surface area contributed by atoms with Gasteiger partial charge in [0.05, 0.1) is 4.90 Å². The van der Waals surface area contributed by atoms with Gasteiger partial charge in [0.25, 0.3) is 5.56 Å². The van der Waals surface area contributed by atoms with Crippen molar-refractivity contribution >= 4 is 22.8 Å². The van der Waals surface area contributed by atoms with Gasteiger partial charge in [-0.2, -0.15) is 0 Å². The van der Waals surface area contributed by atoms with Crippen LogP contribution in [0.5, 0.6) is 0 Å². The Bertz CT molecular complexity index is 606. The van der Waals surface area contributed by atoms with Gasteiger partial charge in [0.2, 0.25) is 0 Å². The number of fused-ring (bicyclic) bond motifs is 3. The van der Waals surface area contributed by atoms with E-state index in [-0.39, 0.29) is 5.56 Å². The van der Waals surface area contributed by atoms with Crippen molar-refractivity contribution in [2.45, 2.75) is 11.3 Å². The molecule has 0 bridgehead atoms. The molecule has 2 aromatic heterocycles. The Hall–Kier alpha value is -1.49. The first kappa shape index (κ1) is 8.79. The first-order chi connectivity index (χ1) is 7.29. The van der Waals surface area contributed by atoms with Crippen LogP contribution < -0.4 is 5.56 Å². The Morgan fingerprint density at radius 3 is 3.27 bits per heavy atom. The van der Waals surface area contributed by atoms with E-state index in [1.165, 1.54) is 11.8 Å². The summed E-state index contributed by atoms with van der Waals surface area (Å²) in [4.78, 5) is 16.4. The summed E-state index contributed by atoms with van der Waals surface area (Å²) in [5.41, 5.74) is 1.03. The molecule has 1 N–H and O–H groups in total. The molecule has 0 aromatic carbocycles. The van der Waals surface area contributed by atoms with Gasteiger partial charge in [0, 0.05) is 17.3 Å². The average Bonchev–Trinajstić information content (AvgIpc) is 2.75. The topological polar surface area (TPSA) is 55.1 Å². The van der Waals surface area contributed by atoms with Crippen LogP contribution in [-0.2, 0) is 6.42 Å². The summed E-state index contributed by atoms with van der Waals surface area (Å²) < 4.78 is 0.645. The van der Waals surface area contributed by atoms with Crippen molar-refractivity contribution in [2.75, 3.05) is 5.75 Å². The van der Waals surface area contributed by atoms with E-state index in [1.54, 1.807) is 6.20 Å². The number of hydrogen-bond acceptors (Lipinski definition) is 4. The molecule has 0 unspecified atom stereocenters. The zero-order chi connectivity index (χ0) is 10.4. The lowest BCUT2D eigenvalue weighted by Crippen LogP contribution is -2.21. The van der Waals surface area contributed by atoms with E-state index < -0.39 is 0 Å². The van der Waals surface area contributed by atoms with Gasteiger partial charge < -0.3 is 5.21 Å². The van der Waals surface area contributed by atoms with E-state index >= 15 is 0 Å². The van der Waals surface area contributed by atoms with Crippen molar-refractivity contribution < 1.29 is 5.21 Å². The molecule has 4 nitrogen and oxygen atoms in total. The van der Waals surface area contributed by atoms with Crippen LogP contribution in [0.3, 0.4) is 0 Å². The summed E-state index contributed by atoms with van der Waals surface area (Å²) in [6.45, 7) is 0. The van der Waals surface area contributed by atoms with Crippen LogP contribution in [0.15, 0.2) is 28.0 Å². The third-order valence-corrected chi connectivity index (χ3v) is 3.69. The molecule has 0 fully saturated rings. The first-order valence-electron chi connectivity index (χ1n) is 4.63. The highest BCUT2D eigenvalue weighted by Gasteiger charge is 2.21. The highest BCUT2D eigenvalue weighted by atomic mass is 32.2.